The van der Waals surface area contributed by atoms with Crippen molar-refractivity contribution in [2.24, 2.45) is 4.99 Å². The third-order valence-electron chi connectivity index (χ3n) is 4.19. The van der Waals surface area contributed by atoms with Gasteiger partial charge in [-0.1, -0.05) is 13.8 Å². The number of piperazine rings is 1. The molecule has 0 unspecified atom stereocenters. The van der Waals surface area contributed by atoms with Crippen LogP contribution in [0, 0.1) is 0 Å². The Bertz CT molecular complexity index is 611. The zero-order valence-electron chi connectivity index (χ0n) is 17.0. The smallest absolute Gasteiger partial charge is 0.234 e. The van der Waals surface area contributed by atoms with Gasteiger partial charge in [0.25, 0.3) is 0 Å². The van der Waals surface area contributed by atoms with Crippen LogP contribution in [-0.2, 0) is 11.3 Å². The van der Waals surface area contributed by atoms with Crippen molar-refractivity contribution in [2.75, 3.05) is 39.8 Å². The van der Waals surface area contributed by atoms with Gasteiger partial charge < -0.3 is 15.5 Å². The van der Waals surface area contributed by atoms with E-state index in [0.717, 1.165) is 37.8 Å². The Labute approximate surface area is 184 Å². The second-order valence-corrected chi connectivity index (χ2v) is 8.11. The summed E-state index contributed by atoms with van der Waals surface area (Å²) in [5, 5.41) is 9.64. The minimum atomic E-state index is 0. The van der Waals surface area contributed by atoms with Crippen molar-refractivity contribution in [3.05, 3.63) is 16.1 Å². The molecule has 0 bridgehead atoms. The Morgan fingerprint density at radius 3 is 2.44 bits per heavy atom. The molecule has 1 fully saturated rings. The maximum absolute atomic E-state index is 11.9. The van der Waals surface area contributed by atoms with Crippen LogP contribution < -0.4 is 10.6 Å². The molecule has 1 saturated heterocycles. The minimum absolute atomic E-state index is 0. The molecule has 0 aromatic carbocycles. The number of amides is 1. The molecule has 0 aliphatic carbocycles. The lowest BCUT2D eigenvalue weighted by Gasteiger charge is -2.36. The van der Waals surface area contributed by atoms with Gasteiger partial charge in [-0.25, -0.2) is 4.98 Å². The summed E-state index contributed by atoms with van der Waals surface area (Å²) in [5.41, 5.74) is 1.06. The van der Waals surface area contributed by atoms with Gasteiger partial charge in [-0.2, -0.15) is 0 Å². The largest absolute Gasteiger partial charge is 0.353 e. The summed E-state index contributed by atoms with van der Waals surface area (Å²) in [6.45, 7) is 12.9. The lowest BCUT2D eigenvalue weighted by atomic mass is 10.2. The number of carbonyl (C=O) groups excluding carboxylic acids is 1. The number of rotatable bonds is 6. The van der Waals surface area contributed by atoms with E-state index in [0.29, 0.717) is 19.0 Å². The average Bonchev–Trinajstić information content (AvgIpc) is 3.05. The van der Waals surface area contributed by atoms with Gasteiger partial charge in [-0.15, -0.1) is 35.3 Å². The summed E-state index contributed by atoms with van der Waals surface area (Å²) in [5.74, 6) is 1.46. The molecule has 2 rings (SSSR count). The van der Waals surface area contributed by atoms with Crippen molar-refractivity contribution in [1.29, 1.82) is 0 Å². The number of guanidine groups is 1. The highest BCUT2D eigenvalue weighted by Gasteiger charge is 2.21. The molecule has 2 heterocycles. The number of hydrogen-bond acceptors (Lipinski definition) is 5. The molecule has 1 aliphatic heterocycles. The molecular formula is C18H33IN6OS. The molecule has 2 N–H and O–H groups in total. The summed E-state index contributed by atoms with van der Waals surface area (Å²) in [4.78, 5) is 25.4. The molecule has 154 valence electrons. The van der Waals surface area contributed by atoms with Crippen molar-refractivity contribution in [3.63, 3.8) is 0 Å². The fourth-order valence-corrected chi connectivity index (χ4v) is 3.69. The maximum atomic E-state index is 11.9. The Kier molecular flexibility index (Phi) is 10.5. The van der Waals surface area contributed by atoms with Gasteiger partial charge in [0.1, 0.15) is 0 Å². The van der Waals surface area contributed by atoms with Gasteiger partial charge in [0, 0.05) is 50.6 Å². The monoisotopic (exact) mass is 508 g/mol. The van der Waals surface area contributed by atoms with Crippen LogP contribution in [0.4, 0.5) is 0 Å². The van der Waals surface area contributed by atoms with Crippen LogP contribution in [0.3, 0.4) is 0 Å². The van der Waals surface area contributed by atoms with Crippen LogP contribution in [0.1, 0.15) is 44.3 Å². The first-order chi connectivity index (χ1) is 12.4. The molecular weight excluding hydrogens is 475 g/mol. The summed E-state index contributed by atoms with van der Waals surface area (Å²) in [7, 11) is 1.81. The summed E-state index contributed by atoms with van der Waals surface area (Å²) in [6.07, 6.45) is 0. The molecule has 0 saturated carbocycles. The van der Waals surface area contributed by atoms with Gasteiger partial charge in [0.05, 0.1) is 23.8 Å². The van der Waals surface area contributed by atoms with E-state index in [1.807, 2.05) is 20.9 Å². The predicted octanol–water partition coefficient (Wildman–Crippen LogP) is 2.10. The van der Waals surface area contributed by atoms with Gasteiger partial charge in [0.2, 0.25) is 5.91 Å². The first-order valence-electron chi connectivity index (χ1n) is 9.30. The second kappa shape index (κ2) is 11.8. The number of thiazole rings is 1. The van der Waals surface area contributed by atoms with Gasteiger partial charge in [-0.3, -0.25) is 14.7 Å². The van der Waals surface area contributed by atoms with E-state index in [2.05, 4.69) is 49.6 Å². The number of hydrogen-bond donors (Lipinski definition) is 2. The van der Waals surface area contributed by atoms with Crippen molar-refractivity contribution in [3.8, 4) is 0 Å². The highest BCUT2D eigenvalue weighted by Crippen LogP contribution is 2.19. The van der Waals surface area contributed by atoms with Crippen LogP contribution in [0.25, 0.3) is 0 Å². The number of nitrogens with one attached hydrogen (secondary N) is 2. The van der Waals surface area contributed by atoms with Crippen molar-refractivity contribution >= 4 is 47.2 Å². The number of halogens is 1. The van der Waals surface area contributed by atoms with Crippen LogP contribution in [0.15, 0.2) is 10.4 Å². The quantitative estimate of drug-likeness (QED) is 0.350. The fourth-order valence-electron chi connectivity index (χ4n) is 2.86. The van der Waals surface area contributed by atoms with E-state index < -0.39 is 0 Å². The van der Waals surface area contributed by atoms with Crippen molar-refractivity contribution in [2.45, 2.75) is 46.2 Å². The highest BCUT2D eigenvalue weighted by molar-refractivity contribution is 14.0. The van der Waals surface area contributed by atoms with E-state index in [9.17, 15) is 4.79 Å². The molecule has 1 aliphatic rings. The Morgan fingerprint density at radius 1 is 1.26 bits per heavy atom. The summed E-state index contributed by atoms with van der Waals surface area (Å²) < 4.78 is 0. The van der Waals surface area contributed by atoms with Gasteiger partial charge in [0.15, 0.2) is 5.96 Å². The summed E-state index contributed by atoms with van der Waals surface area (Å²) in [6, 6.07) is 0.189. The Hall–Kier alpha value is -0.940. The molecule has 0 radical (unpaired) electrons. The third-order valence-corrected chi connectivity index (χ3v) is 5.39. The van der Waals surface area contributed by atoms with Crippen LogP contribution in [-0.4, -0.2) is 72.5 Å². The van der Waals surface area contributed by atoms with Crippen molar-refractivity contribution < 1.29 is 4.79 Å². The Balaban J connectivity index is 0.00000364. The van der Waals surface area contributed by atoms with E-state index >= 15 is 0 Å². The van der Waals surface area contributed by atoms with E-state index in [-0.39, 0.29) is 35.9 Å². The molecule has 0 atom stereocenters. The van der Waals surface area contributed by atoms with Gasteiger partial charge in [-0.05, 0) is 13.8 Å². The van der Waals surface area contributed by atoms with Gasteiger partial charge >= 0.3 is 0 Å². The van der Waals surface area contributed by atoms with Crippen LogP contribution in [0.5, 0.6) is 0 Å². The van der Waals surface area contributed by atoms with Crippen LogP contribution in [0.2, 0.25) is 0 Å². The highest BCUT2D eigenvalue weighted by atomic mass is 127. The topological polar surface area (TPSA) is 72.9 Å². The zero-order chi connectivity index (χ0) is 19.1. The number of aliphatic imine (C=N–C) groups is 1. The number of carbonyl (C=O) groups is 1. The summed E-state index contributed by atoms with van der Waals surface area (Å²) >= 11 is 1.71. The van der Waals surface area contributed by atoms with E-state index in [1.54, 1.807) is 11.3 Å². The SMILES string of the molecule is CN=C(NCc1csc(C(C)C)n1)N1CCN(CC(=O)NC(C)C)CC1.I. The zero-order valence-corrected chi connectivity index (χ0v) is 20.1. The molecule has 1 aromatic heterocycles. The Morgan fingerprint density at radius 2 is 1.93 bits per heavy atom. The lowest BCUT2D eigenvalue weighted by molar-refractivity contribution is -0.123. The fraction of sp³-hybridized carbons (Fsp3) is 0.722. The first-order valence-corrected chi connectivity index (χ1v) is 10.2. The lowest BCUT2D eigenvalue weighted by Crippen LogP contribution is -2.54. The standard InChI is InChI=1S/C18H32N6OS.HI/c1-13(2)17-22-15(12-26-17)10-20-18(19-5)24-8-6-23(7-9-24)11-16(25)21-14(3)4;/h12-14H,6-11H2,1-5H3,(H,19,20)(H,21,25);1H. The molecule has 1 aromatic rings. The number of nitrogens with zero attached hydrogens (tertiary/aromatic N) is 4. The van der Waals surface area contributed by atoms with E-state index in [4.69, 9.17) is 0 Å². The minimum Gasteiger partial charge on any atom is -0.353 e. The third kappa shape index (κ3) is 7.90. The second-order valence-electron chi connectivity index (χ2n) is 7.22. The van der Waals surface area contributed by atoms with Crippen LogP contribution >= 0.6 is 35.3 Å². The maximum Gasteiger partial charge on any atom is 0.234 e. The average molecular weight is 508 g/mol. The molecule has 0 spiro atoms. The first kappa shape index (κ1) is 24.1. The molecule has 7 nitrogen and oxygen atoms in total. The number of aromatic nitrogens is 1. The normalized spacial score (nSPS) is 15.8. The van der Waals surface area contributed by atoms with E-state index in [1.165, 1.54) is 5.01 Å². The van der Waals surface area contributed by atoms with Crippen molar-refractivity contribution in [1.82, 2.24) is 25.4 Å². The molecule has 27 heavy (non-hydrogen) atoms. The molecule has 1 amide bonds. The molecule has 9 heteroatoms. The predicted molar refractivity (Wildman–Crippen MR) is 123 cm³/mol.